The number of hydrogen-bond donors (Lipinski definition) is 0. The minimum atomic E-state index is 0.00668. The number of nitrogens with zero attached hydrogens (tertiary/aromatic N) is 2. The van der Waals surface area contributed by atoms with Gasteiger partial charge in [-0.15, -0.1) is 0 Å². The Hall–Kier alpha value is -1.96. The average molecular weight is 254 g/mol. The zero-order valence-corrected chi connectivity index (χ0v) is 12.2. The Morgan fingerprint density at radius 1 is 1.05 bits per heavy atom. The fraction of sp³-hybridized carbons (Fsp3) is 0.294. The second-order valence-corrected chi connectivity index (χ2v) is 5.48. The first-order valence-electron chi connectivity index (χ1n) is 6.56. The lowest BCUT2D eigenvalue weighted by Gasteiger charge is -2.24. The first kappa shape index (κ1) is 13.5. The molecule has 19 heavy (non-hydrogen) atoms. The molecule has 1 aliphatic heterocycles. The first-order valence-corrected chi connectivity index (χ1v) is 6.56. The summed E-state index contributed by atoms with van der Waals surface area (Å²) in [7, 11) is 6.15. The maximum Gasteiger partial charge on any atom is 0.0361 e. The summed E-state index contributed by atoms with van der Waals surface area (Å²) < 4.78 is 0. The van der Waals surface area contributed by atoms with Crippen LogP contribution in [0.4, 0.5) is 5.69 Å². The second-order valence-electron chi connectivity index (χ2n) is 5.48. The Labute approximate surface area is 116 Å². The highest BCUT2D eigenvalue weighted by molar-refractivity contribution is 5.56. The summed E-state index contributed by atoms with van der Waals surface area (Å²) >= 11 is 0. The van der Waals surface area contributed by atoms with Gasteiger partial charge in [-0.3, -0.25) is 0 Å². The van der Waals surface area contributed by atoms with E-state index in [9.17, 15) is 0 Å². The minimum Gasteiger partial charge on any atom is -0.378 e. The van der Waals surface area contributed by atoms with E-state index in [1.807, 2.05) is 7.05 Å². The number of rotatable bonds is 3. The molecular formula is C17H22N2. The highest BCUT2D eigenvalue weighted by Crippen LogP contribution is 2.27. The van der Waals surface area contributed by atoms with Crippen molar-refractivity contribution in [1.82, 2.24) is 4.90 Å². The summed E-state index contributed by atoms with van der Waals surface area (Å²) in [6.07, 6.45) is 13.0. The van der Waals surface area contributed by atoms with Crippen LogP contribution in [0.15, 0.2) is 54.9 Å². The van der Waals surface area contributed by atoms with Crippen molar-refractivity contribution in [2.45, 2.75) is 6.92 Å². The van der Waals surface area contributed by atoms with E-state index in [0.29, 0.717) is 0 Å². The molecule has 2 rings (SSSR count). The molecule has 1 aliphatic rings. The Morgan fingerprint density at radius 2 is 1.63 bits per heavy atom. The molecule has 0 radical (unpaired) electrons. The van der Waals surface area contributed by atoms with Crippen molar-refractivity contribution in [3.63, 3.8) is 0 Å². The molecule has 0 N–H and O–H groups in total. The van der Waals surface area contributed by atoms with E-state index in [1.54, 1.807) is 0 Å². The summed E-state index contributed by atoms with van der Waals surface area (Å²) in [6, 6.07) is 8.58. The summed E-state index contributed by atoms with van der Waals surface area (Å²) in [5, 5.41) is 0. The predicted octanol–water partition coefficient (Wildman–Crippen LogP) is 3.74. The lowest BCUT2D eigenvalue weighted by molar-refractivity contribution is 0.561. The largest absolute Gasteiger partial charge is 0.378 e. The van der Waals surface area contributed by atoms with Crippen molar-refractivity contribution >= 4 is 11.8 Å². The van der Waals surface area contributed by atoms with E-state index in [-0.39, 0.29) is 5.41 Å². The molecule has 0 spiro atoms. The van der Waals surface area contributed by atoms with E-state index in [0.717, 1.165) is 0 Å². The molecule has 0 unspecified atom stereocenters. The van der Waals surface area contributed by atoms with Gasteiger partial charge in [-0.1, -0.05) is 36.4 Å². The van der Waals surface area contributed by atoms with Crippen LogP contribution in [0.1, 0.15) is 12.5 Å². The van der Waals surface area contributed by atoms with Crippen LogP contribution >= 0.6 is 0 Å². The molecule has 1 aromatic carbocycles. The van der Waals surface area contributed by atoms with Gasteiger partial charge in [0.15, 0.2) is 0 Å². The van der Waals surface area contributed by atoms with Crippen LogP contribution in [0.25, 0.3) is 6.08 Å². The minimum absolute atomic E-state index is 0.00668. The molecule has 0 atom stereocenters. The van der Waals surface area contributed by atoms with Gasteiger partial charge in [0, 0.05) is 44.6 Å². The first-order chi connectivity index (χ1) is 8.98. The Bertz CT molecular complexity index is 493. The maximum absolute atomic E-state index is 2.23. The van der Waals surface area contributed by atoms with Gasteiger partial charge in [-0.25, -0.2) is 0 Å². The van der Waals surface area contributed by atoms with Gasteiger partial charge in [0.25, 0.3) is 0 Å². The lowest BCUT2D eigenvalue weighted by atomic mass is 9.88. The van der Waals surface area contributed by atoms with Crippen molar-refractivity contribution < 1.29 is 0 Å². The van der Waals surface area contributed by atoms with Gasteiger partial charge >= 0.3 is 0 Å². The monoisotopic (exact) mass is 254 g/mol. The van der Waals surface area contributed by atoms with E-state index >= 15 is 0 Å². The van der Waals surface area contributed by atoms with Gasteiger partial charge in [0.2, 0.25) is 0 Å². The number of anilines is 1. The molecule has 1 aromatic rings. The third-order valence-electron chi connectivity index (χ3n) is 3.38. The molecule has 0 saturated heterocycles. The Morgan fingerprint density at radius 3 is 2.16 bits per heavy atom. The summed E-state index contributed by atoms with van der Waals surface area (Å²) in [5.74, 6) is 0. The zero-order chi connectivity index (χ0) is 13.9. The highest BCUT2D eigenvalue weighted by Gasteiger charge is 2.15. The molecule has 0 saturated carbocycles. The van der Waals surface area contributed by atoms with Gasteiger partial charge in [-0.05, 0) is 24.6 Å². The van der Waals surface area contributed by atoms with Crippen molar-refractivity contribution in [3.8, 4) is 0 Å². The van der Waals surface area contributed by atoms with Crippen LogP contribution in [-0.4, -0.2) is 26.0 Å². The maximum atomic E-state index is 2.23. The summed E-state index contributed by atoms with van der Waals surface area (Å²) in [6.45, 7) is 2.21. The van der Waals surface area contributed by atoms with Crippen LogP contribution in [0.3, 0.4) is 0 Å². The topological polar surface area (TPSA) is 6.48 Å². The van der Waals surface area contributed by atoms with Crippen molar-refractivity contribution in [1.29, 1.82) is 0 Å². The van der Waals surface area contributed by atoms with E-state index in [1.165, 1.54) is 11.3 Å². The fourth-order valence-corrected chi connectivity index (χ4v) is 1.93. The van der Waals surface area contributed by atoms with Crippen molar-refractivity contribution in [2.75, 3.05) is 26.0 Å². The molecule has 0 amide bonds. The lowest BCUT2D eigenvalue weighted by Crippen LogP contribution is -2.14. The van der Waals surface area contributed by atoms with Crippen LogP contribution < -0.4 is 4.90 Å². The second kappa shape index (κ2) is 5.35. The fourth-order valence-electron chi connectivity index (χ4n) is 1.93. The summed E-state index contributed by atoms with van der Waals surface area (Å²) in [5.41, 5.74) is 2.46. The van der Waals surface area contributed by atoms with Gasteiger partial charge in [0.05, 0.1) is 0 Å². The number of benzene rings is 1. The molecule has 100 valence electrons. The smallest absolute Gasteiger partial charge is 0.0361 e. The Balaban J connectivity index is 2.10. The third-order valence-corrected chi connectivity index (χ3v) is 3.38. The summed E-state index contributed by atoms with van der Waals surface area (Å²) in [4.78, 5) is 4.17. The molecule has 1 heterocycles. The molecule has 2 nitrogen and oxygen atoms in total. The van der Waals surface area contributed by atoms with Crippen LogP contribution in [-0.2, 0) is 0 Å². The zero-order valence-electron chi connectivity index (χ0n) is 12.2. The molecule has 0 aromatic heterocycles. The number of hydrogen-bond acceptors (Lipinski definition) is 2. The van der Waals surface area contributed by atoms with E-state index in [2.05, 4.69) is 91.8 Å². The molecule has 2 heteroatoms. The van der Waals surface area contributed by atoms with Crippen LogP contribution in [0.2, 0.25) is 0 Å². The van der Waals surface area contributed by atoms with Crippen LogP contribution in [0, 0.1) is 5.41 Å². The van der Waals surface area contributed by atoms with E-state index < -0.39 is 0 Å². The molecule has 0 bridgehead atoms. The molecule has 0 aliphatic carbocycles. The predicted molar refractivity (Wildman–Crippen MR) is 84.0 cm³/mol. The van der Waals surface area contributed by atoms with Crippen LogP contribution in [0.5, 0.6) is 0 Å². The normalized spacial score (nSPS) is 17.2. The third kappa shape index (κ3) is 3.50. The quantitative estimate of drug-likeness (QED) is 0.810. The van der Waals surface area contributed by atoms with Gasteiger partial charge < -0.3 is 9.80 Å². The average Bonchev–Trinajstić information content (AvgIpc) is 2.41. The van der Waals surface area contributed by atoms with Gasteiger partial charge in [-0.2, -0.15) is 0 Å². The Kier molecular flexibility index (Phi) is 3.79. The van der Waals surface area contributed by atoms with E-state index in [4.69, 9.17) is 0 Å². The molecular weight excluding hydrogens is 232 g/mol. The highest BCUT2D eigenvalue weighted by atomic mass is 15.1. The standard InChI is InChI=1S/C17H22N2/c1-17(11-13-19(4)14-12-17)10-9-15-5-7-16(8-6-15)18(2)3/h5-14H,1-4H3. The number of allylic oxidation sites excluding steroid dienone is 3. The molecule has 0 fully saturated rings. The van der Waals surface area contributed by atoms with Crippen molar-refractivity contribution in [2.24, 2.45) is 5.41 Å². The SMILES string of the molecule is CN1C=CC(C)(C=Cc2ccc(N(C)C)cc2)C=C1. The van der Waals surface area contributed by atoms with Crippen molar-refractivity contribution in [3.05, 3.63) is 60.5 Å². The van der Waals surface area contributed by atoms with Gasteiger partial charge in [0.1, 0.15) is 0 Å².